The molecule has 0 bridgehead atoms. The van der Waals surface area contributed by atoms with Gasteiger partial charge < -0.3 is 4.74 Å². The highest BCUT2D eigenvalue weighted by atomic mass is 32.2. The zero-order chi connectivity index (χ0) is 12.3. The van der Waals surface area contributed by atoms with Crippen molar-refractivity contribution in [3.63, 3.8) is 0 Å². The van der Waals surface area contributed by atoms with Crippen LogP contribution in [0.25, 0.3) is 0 Å². The zero-order valence-corrected chi connectivity index (χ0v) is 11.5. The van der Waals surface area contributed by atoms with Gasteiger partial charge in [0.25, 0.3) is 0 Å². The number of nitriles is 1. The molecule has 3 nitrogen and oxygen atoms in total. The topological polar surface area (TPSA) is 45.0 Å². The lowest BCUT2D eigenvalue weighted by Crippen LogP contribution is -2.43. The van der Waals surface area contributed by atoms with Gasteiger partial charge in [-0.05, 0) is 31.6 Å². The van der Waals surface area contributed by atoms with E-state index in [-0.39, 0.29) is 5.54 Å². The smallest absolute Gasteiger partial charge is 0.106 e. The molecule has 94 valence electrons. The van der Waals surface area contributed by atoms with Crippen LogP contribution in [0.4, 0.5) is 0 Å². The second-order valence-electron chi connectivity index (χ2n) is 3.79. The predicted octanol–water partition coefficient (Wildman–Crippen LogP) is 2.43. The van der Waals surface area contributed by atoms with Crippen LogP contribution in [0.2, 0.25) is 0 Å². The molecule has 16 heavy (non-hydrogen) atoms. The summed E-state index contributed by atoms with van der Waals surface area (Å²) in [6.45, 7) is 5.80. The van der Waals surface area contributed by atoms with Crippen LogP contribution in [0.5, 0.6) is 0 Å². The summed E-state index contributed by atoms with van der Waals surface area (Å²) < 4.78 is 4.98. The molecule has 0 aliphatic carbocycles. The van der Waals surface area contributed by atoms with E-state index in [1.165, 1.54) is 0 Å². The van der Waals surface area contributed by atoms with Crippen molar-refractivity contribution in [1.82, 2.24) is 5.32 Å². The van der Waals surface area contributed by atoms with E-state index in [9.17, 15) is 5.26 Å². The number of nitrogens with zero attached hydrogens (tertiary/aromatic N) is 1. The molecule has 4 heteroatoms. The minimum atomic E-state index is -0.309. The van der Waals surface area contributed by atoms with E-state index >= 15 is 0 Å². The van der Waals surface area contributed by atoms with Crippen molar-refractivity contribution in [2.45, 2.75) is 38.6 Å². The van der Waals surface area contributed by atoms with Gasteiger partial charge in [-0.3, -0.25) is 5.32 Å². The third-order valence-electron chi connectivity index (χ3n) is 2.66. The fourth-order valence-electron chi connectivity index (χ4n) is 1.62. The molecule has 0 aliphatic heterocycles. The zero-order valence-electron chi connectivity index (χ0n) is 10.7. The van der Waals surface area contributed by atoms with Gasteiger partial charge in [-0.1, -0.05) is 13.8 Å². The maximum absolute atomic E-state index is 9.21. The lowest BCUT2D eigenvalue weighted by Gasteiger charge is -2.25. The average Bonchev–Trinajstić information content (AvgIpc) is 2.32. The Morgan fingerprint density at radius 2 is 2.12 bits per heavy atom. The van der Waals surface area contributed by atoms with Gasteiger partial charge in [0, 0.05) is 12.9 Å². The highest BCUT2D eigenvalue weighted by Gasteiger charge is 2.25. The monoisotopic (exact) mass is 244 g/mol. The van der Waals surface area contributed by atoms with Gasteiger partial charge in [-0.25, -0.2) is 0 Å². The van der Waals surface area contributed by atoms with E-state index < -0.39 is 0 Å². The Bertz CT molecular complexity index is 206. The van der Waals surface area contributed by atoms with E-state index in [0.717, 1.165) is 43.9 Å². The van der Waals surface area contributed by atoms with Gasteiger partial charge in [0.2, 0.25) is 0 Å². The van der Waals surface area contributed by atoms with Crippen molar-refractivity contribution in [3.8, 4) is 6.07 Å². The molecule has 1 atom stereocenters. The van der Waals surface area contributed by atoms with E-state index in [2.05, 4.69) is 25.2 Å². The minimum Gasteiger partial charge on any atom is -0.384 e. The van der Waals surface area contributed by atoms with Gasteiger partial charge in [-0.2, -0.15) is 17.0 Å². The Labute approximate surface area is 104 Å². The maximum Gasteiger partial charge on any atom is 0.106 e. The first kappa shape index (κ1) is 15.8. The van der Waals surface area contributed by atoms with Crippen molar-refractivity contribution in [3.05, 3.63) is 0 Å². The second kappa shape index (κ2) is 9.95. The molecule has 1 unspecified atom stereocenters. The summed E-state index contributed by atoms with van der Waals surface area (Å²) in [5.41, 5.74) is -0.309. The molecule has 0 spiro atoms. The van der Waals surface area contributed by atoms with Crippen LogP contribution in [0.3, 0.4) is 0 Å². The number of thioether (sulfide) groups is 1. The summed E-state index contributed by atoms with van der Waals surface area (Å²) >= 11 is 1.90. The fraction of sp³-hybridized carbons (Fsp3) is 0.917. The highest BCUT2D eigenvalue weighted by Crippen LogP contribution is 2.18. The summed E-state index contributed by atoms with van der Waals surface area (Å²) in [5.74, 6) is 2.15. The average molecular weight is 244 g/mol. The summed E-state index contributed by atoms with van der Waals surface area (Å²) in [6.07, 6.45) is 2.90. The van der Waals surface area contributed by atoms with Crippen LogP contribution < -0.4 is 5.32 Å². The molecular formula is C12H24N2OS. The predicted molar refractivity (Wildman–Crippen MR) is 70.7 cm³/mol. The van der Waals surface area contributed by atoms with Crippen LogP contribution in [-0.2, 0) is 4.74 Å². The van der Waals surface area contributed by atoms with Gasteiger partial charge in [0.05, 0.1) is 12.7 Å². The Morgan fingerprint density at radius 1 is 1.38 bits per heavy atom. The number of methoxy groups -OCH3 is 1. The van der Waals surface area contributed by atoms with Crippen molar-refractivity contribution in [1.29, 1.82) is 5.26 Å². The third kappa shape index (κ3) is 6.37. The summed E-state index contributed by atoms with van der Waals surface area (Å²) in [7, 11) is 1.73. The summed E-state index contributed by atoms with van der Waals surface area (Å²) in [5, 5.41) is 12.5. The van der Waals surface area contributed by atoms with Crippen LogP contribution in [0, 0.1) is 11.3 Å². The third-order valence-corrected chi connectivity index (χ3v) is 3.69. The Morgan fingerprint density at radius 3 is 2.62 bits per heavy atom. The SMILES string of the molecule is CCNC(C#N)(CC)CCCSCCOC. The minimum absolute atomic E-state index is 0.309. The first-order chi connectivity index (χ1) is 7.74. The number of hydrogen-bond donors (Lipinski definition) is 1. The van der Waals surface area contributed by atoms with E-state index in [4.69, 9.17) is 4.74 Å². The van der Waals surface area contributed by atoms with Gasteiger partial charge in [0.15, 0.2) is 0 Å². The van der Waals surface area contributed by atoms with Crippen molar-refractivity contribution < 1.29 is 4.74 Å². The molecule has 1 N–H and O–H groups in total. The normalized spacial score (nSPS) is 14.4. The highest BCUT2D eigenvalue weighted by molar-refractivity contribution is 7.99. The lowest BCUT2D eigenvalue weighted by molar-refractivity contribution is 0.218. The molecule has 0 aromatic rings. The van der Waals surface area contributed by atoms with Crippen molar-refractivity contribution in [2.24, 2.45) is 0 Å². The van der Waals surface area contributed by atoms with Crippen LogP contribution >= 0.6 is 11.8 Å². The van der Waals surface area contributed by atoms with E-state index in [1.807, 2.05) is 11.8 Å². The standard InChI is InChI=1S/C12H24N2OS/c1-4-12(11-13,14-5-2)7-6-9-16-10-8-15-3/h14H,4-10H2,1-3H3. The van der Waals surface area contributed by atoms with Crippen LogP contribution in [-0.4, -0.2) is 37.3 Å². The molecule has 0 saturated heterocycles. The number of rotatable bonds is 10. The first-order valence-electron chi connectivity index (χ1n) is 5.97. The van der Waals surface area contributed by atoms with Gasteiger partial charge in [0.1, 0.15) is 5.54 Å². The molecule has 0 fully saturated rings. The lowest BCUT2D eigenvalue weighted by atomic mass is 9.92. The van der Waals surface area contributed by atoms with Crippen LogP contribution in [0.15, 0.2) is 0 Å². The molecule has 0 rings (SSSR count). The second-order valence-corrected chi connectivity index (χ2v) is 5.01. The fourth-order valence-corrected chi connectivity index (χ4v) is 2.46. The Hall–Kier alpha value is -0.240. The number of hydrogen-bond acceptors (Lipinski definition) is 4. The molecule has 0 heterocycles. The molecule has 0 saturated carbocycles. The Kier molecular flexibility index (Phi) is 9.80. The number of ether oxygens (including phenoxy) is 1. The molecule has 0 aromatic carbocycles. The maximum atomic E-state index is 9.21. The largest absolute Gasteiger partial charge is 0.384 e. The van der Waals surface area contributed by atoms with E-state index in [0.29, 0.717) is 0 Å². The molecule has 0 aromatic heterocycles. The molecule has 0 radical (unpaired) electrons. The Balaban J connectivity index is 3.73. The summed E-state index contributed by atoms with van der Waals surface area (Å²) in [4.78, 5) is 0. The van der Waals surface area contributed by atoms with Crippen molar-refractivity contribution >= 4 is 11.8 Å². The van der Waals surface area contributed by atoms with Gasteiger partial charge in [-0.15, -0.1) is 0 Å². The summed E-state index contributed by atoms with van der Waals surface area (Å²) in [6, 6.07) is 2.42. The van der Waals surface area contributed by atoms with E-state index in [1.54, 1.807) is 7.11 Å². The molecule has 0 aliphatic rings. The molecular weight excluding hydrogens is 220 g/mol. The van der Waals surface area contributed by atoms with Crippen LogP contribution in [0.1, 0.15) is 33.1 Å². The van der Waals surface area contributed by atoms with Gasteiger partial charge >= 0.3 is 0 Å². The quantitative estimate of drug-likeness (QED) is 0.600. The first-order valence-corrected chi connectivity index (χ1v) is 7.13. The number of nitrogens with one attached hydrogen (secondary N) is 1. The van der Waals surface area contributed by atoms with Crippen molar-refractivity contribution in [2.75, 3.05) is 31.8 Å². The molecule has 0 amide bonds.